The highest BCUT2D eigenvalue weighted by atomic mass is 32.2. The van der Waals surface area contributed by atoms with Gasteiger partial charge in [-0.25, -0.2) is 0 Å². The zero-order valence-corrected chi connectivity index (χ0v) is 17.2. The molecule has 1 heterocycles. The van der Waals surface area contributed by atoms with Gasteiger partial charge in [-0.1, -0.05) is 41.6 Å². The second-order valence-corrected chi connectivity index (χ2v) is 7.51. The van der Waals surface area contributed by atoms with Crippen molar-refractivity contribution in [1.29, 1.82) is 0 Å². The van der Waals surface area contributed by atoms with Crippen LogP contribution in [0.2, 0.25) is 0 Å². The Balaban J connectivity index is 1.59. The van der Waals surface area contributed by atoms with Crippen LogP contribution in [0.4, 0.5) is 11.4 Å². The molecular weight excluding hydrogens is 406 g/mol. The van der Waals surface area contributed by atoms with Crippen LogP contribution >= 0.6 is 11.8 Å². The van der Waals surface area contributed by atoms with Crippen molar-refractivity contribution in [2.24, 2.45) is 7.05 Å². The van der Waals surface area contributed by atoms with E-state index in [1.165, 1.54) is 24.3 Å². The van der Waals surface area contributed by atoms with Gasteiger partial charge in [0.2, 0.25) is 5.91 Å². The number of anilines is 1. The molecule has 0 bridgehead atoms. The predicted molar refractivity (Wildman–Crippen MR) is 113 cm³/mol. The average molecular weight is 425 g/mol. The summed E-state index contributed by atoms with van der Waals surface area (Å²) >= 11 is 1.16. The minimum absolute atomic E-state index is 0.0385. The standard InChI is InChI=1S/C20H19N5O4S/c1-13-6-8-15(9-7-13)21-19(27)11-18-22-23-20(24(18)2)30-12-17(26)14-4-3-5-16(10-14)25(28)29/h3-10H,11-12H2,1-2H3,(H,21,27). The largest absolute Gasteiger partial charge is 0.326 e. The number of aromatic nitrogens is 3. The molecule has 0 fully saturated rings. The van der Waals surface area contributed by atoms with Gasteiger partial charge in [-0.3, -0.25) is 19.7 Å². The molecule has 1 aromatic heterocycles. The first-order valence-corrected chi connectivity index (χ1v) is 9.97. The van der Waals surface area contributed by atoms with Crippen LogP contribution < -0.4 is 5.32 Å². The Hall–Kier alpha value is -3.53. The minimum atomic E-state index is -0.541. The van der Waals surface area contributed by atoms with E-state index in [1.54, 1.807) is 11.6 Å². The van der Waals surface area contributed by atoms with Crippen LogP contribution in [-0.2, 0) is 18.3 Å². The highest BCUT2D eigenvalue weighted by Crippen LogP contribution is 2.20. The van der Waals surface area contributed by atoms with E-state index in [-0.39, 0.29) is 35.1 Å². The number of nitro groups is 1. The lowest BCUT2D eigenvalue weighted by Gasteiger charge is -2.06. The fourth-order valence-corrected chi connectivity index (χ4v) is 3.44. The number of amides is 1. The molecule has 0 aliphatic rings. The number of nitrogens with one attached hydrogen (secondary N) is 1. The molecule has 9 nitrogen and oxygen atoms in total. The summed E-state index contributed by atoms with van der Waals surface area (Å²) in [5.74, 6) is 0.0248. The molecule has 0 saturated heterocycles. The van der Waals surface area contributed by atoms with Gasteiger partial charge in [0.05, 0.1) is 17.1 Å². The van der Waals surface area contributed by atoms with Crippen LogP contribution in [0, 0.1) is 17.0 Å². The first-order chi connectivity index (χ1) is 14.3. The lowest BCUT2D eigenvalue weighted by Crippen LogP contribution is -2.17. The van der Waals surface area contributed by atoms with Crippen LogP contribution in [0.15, 0.2) is 53.7 Å². The Kier molecular flexibility index (Phi) is 6.58. The Morgan fingerprint density at radius 3 is 2.60 bits per heavy atom. The third-order valence-corrected chi connectivity index (χ3v) is 5.31. The summed E-state index contributed by atoms with van der Waals surface area (Å²) in [7, 11) is 1.72. The number of benzene rings is 2. The maximum Gasteiger partial charge on any atom is 0.270 e. The molecule has 10 heteroatoms. The van der Waals surface area contributed by atoms with Crippen LogP contribution in [0.25, 0.3) is 0 Å². The summed E-state index contributed by atoms with van der Waals surface area (Å²) in [6.07, 6.45) is 0.0385. The molecule has 0 radical (unpaired) electrons. The average Bonchev–Trinajstić information content (AvgIpc) is 3.07. The van der Waals surface area contributed by atoms with E-state index in [0.29, 0.717) is 16.7 Å². The number of hydrogen-bond donors (Lipinski definition) is 1. The molecule has 3 rings (SSSR count). The molecule has 0 aliphatic heterocycles. The molecule has 3 aromatic rings. The monoisotopic (exact) mass is 425 g/mol. The highest BCUT2D eigenvalue weighted by Gasteiger charge is 2.16. The number of thioether (sulfide) groups is 1. The number of hydrogen-bond acceptors (Lipinski definition) is 7. The van der Waals surface area contributed by atoms with Gasteiger partial charge in [-0.2, -0.15) is 0 Å². The van der Waals surface area contributed by atoms with Gasteiger partial charge in [-0.15, -0.1) is 10.2 Å². The molecule has 0 aliphatic carbocycles. The number of ketones is 1. The molecule has 1 amide bonds. The Morgan fingerprint density at radius 2 is 1.90 bits per heavy atom. The van der Waals surface area contributed by atoms with E-state index in [2.05, 4.69) is 15.5 Å². The first kappa shape index (κ1) is 21.2. The van der Waals surface area contributed by atoms with Crippen LogP contribution in [0.5, 0.6) is 0 Å². The molecule has 2 aromatic carbocycles. The fraction of sp³-hybridized carbons (Fsp3) is 0.200. The van der Waals surface area contributed by atoms with Gasteiger partial charge in [0.25, 0.3) is 5.69 Å². The smallest absolute Gasteiger partial charge is 0.270 e. The van der Waals surface area contributed by atoms with Crippen molar-refractivity contribution in [2.75, 3.05) is 11.1 Å². The number of carbonyl (C=O) groups is 2. The van der Waals surface area contributed by atoms with E-state index in [9.17, 15) is 19.7 Å². The molecule has 0 spiro atoms. The summed E-state index contributed by atoms with van der Waals surface area (Å²) < 4.78 is 1.65. The van der Waals surface area contributed by atoms with Crippen molar-refractivity contribution in [3.63, 3.8) is 0 Å². The first-order valence-electron chi connectivity index (χ1n) is 8.98. The van der Waals surface area contributed by atoms with Crippen LogP contribution in [-0.4, -0.2) is 37.1 Å². The zero-order valence-electron chi connectivity index (χ0n) is 16.4. The zero-order chi connectivity index (χ0) is 21.7. The van der Waals surface area contributed by atoms with Crippen molar-refractivity contribution >= 4 is 34.8 Å². The van der Waals surface area contributed by atoms with E-state index < -0.39 is 4.92 Å². The normalized spacial score (nSPS) is 10.6. The molecule has 1 N–H and O–H groups in total. The quantitative estimate of drug-likeness (QED) is 0.255. The fourth-order valence-electron chi connectivity index (χ4n) is 2.62. The summed E-state index contributed by atoms with van der Waals surface area (Å²) in [4.78, 5) is 34.9. The summed E-state index contributed by atoms with van der Waals surface area (Å²) in [5, 5.41) is 22.2. The summed E-state index contributed by atoms with van der Waals surface area (Å²) in [6.45, 7) is 1.97. The Bertz CT molecular complexity index is 1090. The molecule has 0 unspecified atom stereocenters. The van der Waals surface area contributed by atoms with Gasteiger partial charge < -0.3 is 9.88 Å². The van der Waals surface area contributed by atoms with Gasteiger partial charge >= 0.3 is 0 Å². The Morgan fingerprint density at radius 1 is 1.17 bits per heavy atom. The van der Waals surface area contributed by atoms with Crippen molar-refractivity contribution in [3.8, 4) is 0 Å². The topological polar surface area (TPSA) is 120 Å². The van der Waals surface area contributed by atoms with Crippen molar-refractivity contribution in [3.05, 3.63) is 75.6 Å². The van der Waals surface area contributed by atoms with Crippen molar-refractivity contribution in [1.82, 2.24) is 14.8 Å². The maximum absolute atomic E-state index is 12.4. The highest BCUT2D eigenvalue weighted by molar-refractivity contribution is 7.99. The number of aryl methyl sites for hydroxylation is 1. The maximum atomic E-state index is 12.4. The molecule has 0 atom stereocenters. The van der Waals surface area contributed by atoms with E-state index in [4.69, 9.17) is 0 Å². The SMILES string of the molecule is Cc1ccc(NC(=O)Cc2nnc(SCC(=O)c3cccc([N+](=O)[O-])c3)n2C)cc1. The molecule has 154 valence electrons. The summed E-state index contributed by atoms with van der Waals surface area (Å²) in [5.41, 5.74) is 1.93. The van der Waals surface area contributed by atoms with Crippen LogP contribution in [0.1, 0.15) is 21.7 Å². The third-order valence-electron chi connectivity index (χ3n) is 4.29. The number of Topliss-reactive ketones (excluding diaryl/α,β-unsaturated/α-hetero) is 1. The van der Waals surface area contributed by atoms with E-state index in [1.807, 2.05) is 31.2 Å². The van der Waals surface area contributed by atoms with Crippen molar-refractivity contribution in [2.45, 2.75) is 18.5 Å². The lowest BCUT2D eigenvalue weighted by molar-refractivity contribution is -0.384. The Labute approximate surface area is 176 Å². The number of carbonyl (C=O) groups excluding carboxylic acids is 2. The number of nitro benzene ring substituents is 1. The summed E-state index contributed by atoms with van der Waals surface area (Å²) in [6, 6.07) is 13.1. The van der Waals surface area contributed by atoms with Gasteiger partial charge in [-0.05, 0) is 19.1 Å². The van der Waals surface area contributed by atoms with Crippen LogP contribution in [0.3, 0.4) is 0 Å². The number of nitrogens with zero attached hydrogens (tertiary/aromatic N) is 4. The minimum Gasteiger partial charge on any atom is -0.326 e. The number of rotatable bonds is 8. The third kappa shape index (κ3) is 5.29. The predicted octanol–water partition coefficient (Wildman–Crippen LogP) is 3.19. The molecule has 30 heavy (non-hydrogen) atoms. The second-order valence-electron chi connectivity index (χ2n) is 6.57. The molecule has 0 saturated carbocycles. The molecular formula is C20H19N5O4S. The lowest BCUT2D eigenvalue weighted by atomic mass is 10.1. The van der Waals surface area contributed by atoms with Gasteiger partial charge in [0.15, 0.2) is 10.9 Å². The number of non-ortho nitro benzene ring substituents is 1. The van der Waals surface area contributed by atoms with E-state index in [0.717, 1.165) is 17.3 Å². The van der Waals surface area contributed by atoms with Gasteiger partial charge in [0.1, 0.15) is 5.82 Å². The van der Waals surface area contributed by atoms with Crippen molar-refractivity contribution < 1.29 is 14.5 Å². The van der Waals surface area contributed by atoms with Gasteiger partial charge in [0, 0.05) is 30.4 Å². The van der Waals surface area contributed by atoms with E-state index >= 15 is 0 Å². The second kappa shape index (κ2) is 9.31.